The number of unbranched alkanes of at least 4 members (excludes halogenated alkanes) is 35. The average Bonchev–Trinajstić information content (AvgIpc) is 3.42. The fourth-order valence-corrected chi connectivity index (χ4v) is 10.3. The Balaban J connectivity index is 5.14. The second-order valence-electron chi connectivity index (χ2n) is 24.0. The molecule has 3 atom stereocenters. The number of phosphoric ester groups is 1. The Morgan fingerprint density at radius 1 is 0.438 bits per heavy atom. The van der Waals surface area contributed by atoms with Crippen LogP contribution in [0.1, 0.15) is 310 Å². The van der Waals surface area contributed by atoms with Crippen molar-refractivity contribution in [1.82, 2.24) is 5.32 Å². The van der Waals surface area contributed by atoms with E-state index in [1.807, 2.05) is 33.3 Å². The van der Waals surface area contributed by atoms with Gasteiger partial charge in [0.15, 0.2) is 0 Å². The third kappa shape index (κ3) is 60.1. The molecule has 0 radical (unpaired) electrons. The van der Waals surface area contributed by atoms with E-state index in [2.05, 4.69) is 86.8 Å². The van der Waals surface area contributed by atoms with Crippen LogP contribution in [0.25, 0.3) is 0 Å². The van der Waals surface area contributed by atoms with Crippen molar-refractivity contribution in [1.29, 1.82) is 0 Å². The second-order valence-corrected chi connectivity index (χ2v) is 25.4. The molecule has 466 valence electrons. The molecule has 0 aromatic carbocycles. The molecule has 80 heavy (non-hydrogen) atoms. The molecule has 0 aliphatic rings. The Labute approximate surface area is 495 Å². The van der Waals surface area contributed by atoms with E-state index in [0.29, 0.717) is 17.4 Å². The molecule has 10 heteroatoms. The highest BCUT2D eigenvalue weighted by molar-refractivity contribution is 7.45. The molecule has 3 unspecified atom stereocenters. The van der Waals surface area contributed by atoms with Crippen LogP contribution in [0.5, 0.6) is 0 Å². The zero-order valence-corrected chi connectivity index (χ0v) is 54.2. The summed E-state index contributed by atoms with van der Waals surface area (Å²) >= 11 is 0. The number of esters is 1. The Hall–Kier alpha value is -2.55. The largest absolute Gasteiger partial charge is 0.756 e. The lowest BCUT2D eigenvalue weighted by molar-refractivity contribution is -0.870. The Bertz CT molecular complexity index is 1600. The van der Waals surface area contributed by atoms with E-state index in [1.165, 1.54) is 173 Å². The van der Waals surface area contributed by atoms with Crippen molar-refractivity contribution in [3.05, 3.63) is 72.9 Å². The van der Waals surface area contributed by atoms with Gasteiger partial charge in [0, 0.05) is 12.8 Å². The number of carbonyl (C=O) groups excluding carboxylic acids is 2. The van der Waals surface area contributed by atoms with Gasteiger partial charge in [0.1, 0.15) is 19.3 Å². The molecule has 1 N–H and O–H groups in total. The minimum Gasteiger partial charge on any atom is -0.756 e. The van der Waals surface area contributed by atoms with Gasteiger partial charge in [0.05, 0.1) is 33.8 Å². The van der Waals surface area contributed by atoms with E-state index in [1.54, 1.807) is 0 Å². The van der Waals surface area contributed by atoms with E-state index in [9.17, 15) is 19.0 Å². The zero-order valence-electron chi connectivity index (χ0n) is 53.3. The molecule has 0 bridgehead atoms. The van der Waals surface area contributed by atoms with Crippen molar-refractivity contribution in [3.8, 4) is 0 Å². The van der Waals surface area contributed by atoms with E-state index < -0.39 is 26.6 Å². The number of ether oxygens (including phenoxy) is 1. The summed E-state index contributed by atoms with van der Waals surface area (Å²) in [6, 6.07) is -0.895. The molecule has 0 aliphatic heterocycles. The van der Waals surface area contributed by atoms with Crippen LogP contribution in [-0.2, 0) is 27.9 Å². The van der Waals surface area contributed by atoms with Crippen LogP contribution in [0, 0.1) is 0 Å². The number of quaternary nitrogens is 1. The highest BCUT2D eigenvalue weighted by Crippen LogP contribution is 2.38. The zero-order chi connectivity index (χ0) is 58.6. The number of amides is 1. The third-order valence-corrected chi connectivity index (χ3v) is 15.8. The molecule has 0 saturated carbocycles. The van der Waals surface area contributed by atoms with Crippen LogP contribution in [-0.4, -0.2) is 69.4 Å². The normalized spacial score (nSPS) is 14.0. The topological polar surface area (TPSA) is 114 Å². The molecule has 0 aromatic heterocycles. The number of hydrogen-bond donors (Lipinski definition) is 1. The van der Waals surface area contributed by atoms with Crippen LogP contribution in [0.3, 0.4) is 0 Å². The predicted molar refractivity (Wildman–Crippen MR) is 344 cm³/mol. The number of nitrogens with one attached hydrogen (secondary N) is 1. The standard InChI is InChI=1S/C70H129N2O7P/c1-7-10-13-16-19-22-25-28-30-32-33-34-35-36-37-38-39-41-43-45-48-51-54-57-60-63-70(74)79-68(61-58-55-52-49-46-27-24-21-18-15-12-9-3)67(66-78-80(75,76)77-65-64-72(4,5)6)71-69(73)62-59-56-53-50-47-44-42-40-31-29-26-23-20-17-14-11-8-2/h19,22,28-31,33-34,36-37,58,61,67-68H,7-18,20-21,23-27,32,35,38-57,59-60,62-66H2,1-6H3,(H-,71,73,75,76)/b22-19-,30-28-,31-29+,34-33-,37-36-,61-58-. The Morgan fingerprint density at radius 2 is 0.762 bits per heavy atom. The van der Waals surface area contributed by atoms with Crippen molar-refractivity contribution >= 4 is 19.7 Å². The van der Waals surface area contributed by atoms with Gasteiger partial charge in [-0.3, -0.25) is 14.2 Å². The number of nitrogens with zero attached hydrogens (tertiary/aromatic N) is 1. The van der Waals surface area contributed by atoms with Gasteiger partial charge in [-0.1, -0.05) is 267 Å². The molecule has 9 nitrogen and oxygen atoms in total. The van der Waals surface area contributed by atoms with E-state index >= 15 is 0 Å². The monoisotopic (exact) mass is 1140 g/mol. The summed E-state index contributed by atoms with van der Waals surface area (Å²) in [5.41, 5.74) is 0. The molecule has 0 aromatic rings. The third-order valence-electron chi connectivity index (χ3n) is 14.9. The quantitative estimate of drug-likeness (QED) is 0.0212. The minimum atomic E-state index is -4.71. The van der Waals surface area contributed by atoms with Crippen LogP contribution >= 0.6 is 7.82 Å². The van der Waals surface area contributed by atoms with Crippen molar-refractivity contribution < 1.29 is 37.3 Å². The summed E-state index contributed by atoms with van der Waals surface area (Å²) in [6.07, 6.45) is 77.2. The first-order valence-electron chi connectivity index (χ1n) is 33.7. The molecule has 0 rings (SSSR count). The van der Waals surface area contributed by atoms with Gasteiger partial charge in [-0.05, 0) is 102 Å². The second kappa shape index (κ2) is 59.6. The van der Waals surface area contributed by atoms with Gasteiger partial charge in [-0.2, -0.15) is 0 Å². The smallest absolute Gasteiger partial charge is 0.306 e. The summed E-state index contributed by atoms with van der Waals surface area (Å²) < 4.78 is 30.4. The van der Waals surface area contributed by atoms with Gasteiger partial charge in [0.25, 0.3) is 7.82 Å². The lowest BCUT2D eigenvalue weighted by atomic mass is 10.0. The molecule has 0 fully saturated rings. The summed E-state index contributed by atoms with van der Waals surface area (Å²) in [4.78, 5) is 40.1. The number of carbonyl (C=O) groups is 2. The first kappa shape index (κ1) is 77.5. The van der Waals surface area contributed by atoms with Crippen LogP contribution in [0.2, 0.25) is 0 Å². The van der Waals surface area contributed by atoms with Gasteiger partial charge >= 0.3 is 5.97 Å². The van der Waals surface area contributed by atoms with E-state index in [-0.39, 0.29) is 24.9 Å². The first-order chi connectivity index (χ1) is 38.9. The Morgan fingerprint density at radius 3 is 1.18 bits per heavy atom. The summed E-state index contributed by atoms with van der Waals surface area (Å²) in [6.45, 7) is 6.82. The maximum absolute atomic E-state index is 13.6. The maximum atomic E-state index is 13.6. The summed E-state index contributed by atoms with van der Waals surface area (Å²) in [7, 11) is 1.18. The molecule has 1 amide bonds. The van der Waals surface area contributed by atoms with Gasteiger partial charge < -0.3 is 28.5 Å². The van der Waals surface area contributed by atoms with Gasteiger partial charge in [-0.25, -0.2) is 0 Å². The molecular formula is C70H129N2O7P. The van der Waals surface area contributed by atoms with Crippen LogP contribution in [0.4, 0.5) is 0 Å². The highest BCUT2D eigenvalue weighted by Gasteiger charge is 2.27. The van der Waals surface area contributed by atoms with E-state index in [4.69, 9.17) is 13.8 Å². The van der Waals surface area contributed by atoms with Crippen molar-refractivity contribution in [2.45, 2.75) is 322 Å². The number of phosphoric acid groups is 1. The number of hydrogen-bond acceptors (Lipinski definition) is 7. The average molecular weight is 1140 g/mol. The molecular weight excluding hydrogens is 1010 g/mol. The lowest BCUT2D eigenvalue weighted by Gasteiger charge is -2.30. The lowest BCUT2D eigenvalue weighted by Crippen LogP contribution is -2.47. The molecule has 0 heterocycles. The maximum Gasteiger partial charge on any atom is 0.306 e. The van der Waals surface area contributed by atoms with Crippen molar-refractivity contribution in [3.63, 3.8) is 0 Å². The number of likely N-dealkylation sites (N-methyl/N-ethyl adjacent to an activating group) is 1. The highest BCUT2D eigenvalue weighted by atomic mass is 31.2. The summed E-state index contributed by atoms with van der Waals surface area (Å²) in [5, 5.41) is 3.03. The number of rotatable bonds is 61. The van der Waals surface area contributed by atoms with Crippen LogP contribution < -0.4 is 10.2 Å². The van der Waals surface area contributed by atoms with Gasteiger partial charge in [-0.15, -0.1) is 0 Å². The molecule has 0 aliphatic carbocycles. The fourth-order valence-electron chi connectivity index (χ4n) is 9.62. The van der Waals surface area contributed by atoms with Gasteiger partial charge in [0.2, 0.25) is 5.91 Å². The predicted octanol–water partition coefficient (Wildman–Crippen LogP) is 20.5. The minimum absolute atomic E-state index is 0.0256. The number of allylic oxidation sites excluding steroid dienone is 11. The first-order valence-corrected chi connectivity index (χ1v) is 35.2. The SMILES string of the molecule is CCCCC/C=C\C/C=C\C/C=C\C/C=C\CCCCCCCCCCCC(=O)OC(/C=C\CCCCCCCCCCCC)C(COP(=O)([O-])OCC[N+](C)(C)C)NC(=O)CCCCCCCCC/C=C/CCCCCCCC. The Kier molecular flexibility index (Phi) is 57.7. The molecule has 0 saturated heterocycles. The van der Waals surface area contributed by atoms with Crippen molar-refractivity contribution in [2.75, 3.05) is 40.9 Å². The van der Waals surface area contributed by atoms with E-state index in [0.717, 1.165) is 103 Å². The fraction of sp³-hybridized carbons (Fsp3) is 0.800. The summed E-state index contributed by atoms with van der Waals surface area (Å²) in [5.74, 6) is -0.547. The van der Waals surface area contributed by atoms with Crippen molar-refractivity contribution in [2.24, 2.45) is 0 Å². The van der Waals surface area contributed by atoms with Crippen LogP contribution in [0.15, 0.2) is 72.9 Å². The molecule has 0 spiro atoms.